The Morgan fingerprint density at radius 2 is 1.77 bits per heavy atom. The number of aryl methyl sites for hydroxylation is 2. The molecule has 0 saturated heterocycles. The van der Waals surface area contributed by atoms with E-state index in [2.05, 4.69) is 11.1 Å². The fourth-order valence-electron chi connectivity index (χ4n) is 3.56. The van der Waals surface area contributed by atoms with Gasteiger partial charge in [-0.25, -0.2) is 9.79 Å². The molecule has 0 atom stereocenters. The van der Waals surface area contributed by atoms with E-state index in [1.807, 2.05) is 86.7 Å². The van der Waals surface area contributed by atoms with Crippen molar-refractivity contribution >= 4 is 34.5 Å². The largest absolute Gasteiger partial charge is 0.506 e. The number of hydrogen-bond acceptors (Lipinski definition) is 6. The summed E-state index contributed by atoms with van der Waals surface area (Å²) >= 11 is 1.23. The van der Waals surface area contributed by atoms with E-state index in [-0.39, 0.29) is 17.9 Å². The smallest absolute Gasteiger partial charge is 0.344 e. The van der Waals surface area contributed by atoms with E-state index in [0.717, 1.165) is 16.7 Å². The van der Waals surface area contributed by atoms with Crippen LogP contribution in [-0.2, 0) is 16.1 Å². The van der Waals surface area contributed by atoms with Crippen LogP contribution in [0, 0.1) is 13.8 Å². The van der Waals surface area contributed by atoms with Crippen molar-refractivity contribution in [1.82, 2.24) is 0 Å². The first-order valence-electron chi connectivity index (χ1n) is 11.4. The monoisotopic (exact) mass is 485 g/mol. The van der Waals surface area contributed by atoms with Crippen LogP contribution in [-0.4, -0.2) is 22.7 Å². The number of carbonyl (C=O) groups is 1. The lowest BCUT2D eigenvalue weighted by Gasteiger charge is -2.10. The van der Waals surface area contributed by atoms with Gasteiger partial charge < -0.3 is 14.6 Å². The summed E-state index contributed by atoms with van der Waals surface area (Å²) in [6.07, 6.45) is 1.81. The first kappa shape index (κ1) is 24.4. The molecule has 1 aliphatic rings. The third kappa shape index (κ3) is 6.03. The minimum atomic E-state index is -0.601. The average molecular weight is 486 g/mol. The second-order valence-electron chi connectivity index (χ2n) is 8.12. The van der Waals surface area contributed by atoms with Gasteiger partial charge in [-0.05, 0) is 50.6 Å². The predicted octanol–water partition coefficient (Wildman–Crippen LogP) is 7.08. The third-order valence-corrected chi connectivity index (χ3v) is 6.34. The molecule has 35 heavy (non-hydrogen) atoms. The number of hydrogen-bond donors (Lipinski definition) is 1. The number of aliphatic hydroxyl groups excluding tert-OH is 1. The van der Waals surface area contributed by atoms with Crippen LogP contribution in [0.15, 0.2) is 94.0 Å². The Hall–Kier alpha value is -3.77. The lowest BCUT2D eigenvalue weighted by Crippen LogP contribution is -2.12. The van der Waals surface area contributed by atoms with Crippen molar-refractivity contribution < 1.29 is 19.4 Å². The highest BCUT2D eigenvalue weighted by atomic mass is 32.2. The Kier molecular flexibility index (Phi) is 7.73. The number of esters is 1. The maximum absolute atomic E-state index is 12.7. The van der Waals surface area contributed by atoms with Gasteiger partial charge in [0, 0.05) is 5.56 Å². The van der Waals surface area contributed by atoms with Gasteiger partial charge in [0.15, 0.2) is 0 Å². The Morgan fingerprint density at radius 3 is 2.51 bits per heavy atom. The van der Waals surface area contributed by atoms with Crippen LogP contribution in [0.25, 0.3) is 6.08 Å². The molecule has 1 aliphatic heterocycles. The molecule has 178 valence electrons. The molecule has 0 saturated carbocycles. The zero-order chi connectivity index (χ0) is 24.8. The number of ether oxygens (including phenoxy) is 2. The van der Waals surface area contributed by atoms with E-state index in [0.29, 0.717) is 28.0 Å². The molecule has 0 bridgehead atoms. The van der Waals surface area contributed by atoms with Gasteiger partial charge in [-0.1, -0.05) is 77.5 Å². The third-order valence-electron chi connectivity index (χ3n) is 5.32. The summed E-state index contributed by atoms with van der Waals surface area (Å²) in [6, 6.07) is 23.4. The number of thioether (sulfide) groups is 1. The molecule has 0 aromatic heterocycles. The maximum atomic E-state index is 12.7. The Balaban J connectivity index is 1.66. The maximum Gasteiger partial charge on any atom is 0.344 e. The molecule has 5 nitrogen and oxygen atoms in total. The van der Waals surface area contributed by atoms with E-state index in [4.69, 9.17) is 9.47 Å². The molecule has 6 heteroatoms. The quantitative estimate of drug-likeness (QED) is 0.362. The van der Waals surface area contributed by atoms with Crippen LogP contribution < -0.4 is 4.74 Å². The van der Waals surface area contributed by atoms with Crippen LogP contribution in [0.1, 0.15) is 29.2 Å². The first-order chi connectivity index (χ1) is 16.9. The van der Waals surface area contributed by atoms with Gasteiger partial charge in [-0.2, -0.15) is 0 Å². The fraction of sp³-hybridized carbons (Fsp3) is 0.172. The van der Waals surface area contributed by atoms with Crippen molar-refractivity contribution in [3.05, 3.63) is 111 Å². The Labute approximate surface area is 209 Å². The molecule has 3 aromatic carbocycles. The molecular formula is C29H27NO4S. The van der Waals surface area contributed by atoms with E-state index >= 15 is 0 Å². The summed E-state index contributed by atoms with van der Waals surface area (Å²) in [7, 11) is 0. The molecule has 0 spiro atoms. The molecule has 0 aliphatic carbocycles. The van der Waals surface area contributed by atoms with Crippen molar-refractivity contribution in [3.63, 3.8) is 0 Å². The second-order valence-corrected chi connectivity index (χ2v) is 9.15. The molecule has 0 fully saturated rings. The molecule has 1 heterocycles. The molecule has 3 aromatic rings. The van der Waals surface area contributed by atoms with Gasteiger partial charge in [-0.3, -0.25) is 0 Å². The van der Waals surface area contributed by atoms with Gasteiger partial charge in [0.1, 0.15) is 28.7 Å². The number of nitrogens with zero attached hydrogens (tertiary/aromatic N) is 1. The topological polar surface area (TPSA) is 68.1 Å². The summed E-state index contributed by atoms with van der Waals surface area (Å²) in [4.78, 5) is 17.8. The summed E-state index contributed by atoms with van der Waals surface area (Å²) in [5, 5.41) is 11.4. The van der Waals surface area contributed by atoms with Crippen LogP contribution in [0.2, 0.25) is 0 Å². The van der Waals surface area contributed by atoms with Gasteiger partial charge in [0.2, 0.25) is 0 Å². The Bertz CT molecular complexity index is 1320. The van der Waals surface area contributed by atoms with E-state index < -0.39 is 5.97 Å². The lowest BCUT2D eigenvalue weighted by molar-refractivity contribution is -0.138. The van der Waals surface area contributed by atoms with E-state index in [1.54, 1.807) is 6.92 Å². The van der Waals surface area contributed by atoms with Gasteiger partial charge >= 0.3 is 5.97 Å². The zero-order valence-corrected chi connectivity index (χ0v) is 20.8. The van der Waals surface area contributed by atoms with Crippen LogP contribution in [0.3, 0.4) is 0 Å². The minimum Gasteiger partial charge on any atom is -0.506 e. The van der Waals surface area contributed by atoms with Crippen molar-refractivity contribution in [2.24, 2.45) is 4.99 Å². The summed E-state index contributed by atoms with van der Waals surface area (Å²) in [5.41, 5.74) is 4.90. The van der Waals surface area contributed by atoms with Gasteiger partial charge in [-0.15, -0.1) is 0 Å². The fourth-order valence-corrected chi connectivity index (χ4v) is 4.59. The number of aliphatic imine (C=N–C) groups is 1. The molecule has 0 radical (unpaired) electrons. The van der Waals surface area contributed by atoms with E-state index in [9.17, 15) is 9.90 Å². The highest BCUT2D eigenvalue weighted by Crippen LogP contribution is 2.41. The molecule has 0 unspecified atom stereocenters. The SMILES string of the molecule is CCOC(=O)C1=C(O)/C(=C\c2ccccc2OCc2cccc(C)c2)SC1=Nc1ccc(C)cc1. The number of aliphatic hydroxyl groups is 1. The van der Waals surface area contributed by atoms with Crippen molar-refractivity contribution in [2.45, 2.75) is 27.4 Å². The minimum absolute atomic E-state index is 0.0711. The zero-order valence-electron chi connectivity index (χ0n) is 19.9. The first-order valence-corrected chi connectivity index (χ1v) is 12.2. The summed E-state index contributed by atoms with van der Waals surface area (Å²) in [6.45, 7) is 6.40. The van der Waals surface area contributed by atoms with Gasteiger partial charge in [0.05, 0.1) is 17.2 Å². The molecule has 0 amide bonds. The molecule has 1 N–H and O–H groups in total. The summed E-state index contributed by atoms with van der Waals surface area (Å²) in [5.74, 6) is -0.0694. The highest BCUT2D eigenvalue weighted by Gasteiger charge is 2.33. The van der Waals surface area contributed by atoms with Crippen molar-refractivity contribution in [1.29, 1.82) is 0 Å². The molecule has 4 rings (SSSR count). The predicted molar refractivity (Wildman–Crippen MR) is 142 cm³/mol. The number of rotatable bonds is 7. The van der Waals surface area contributed by atoms with Crippen molar-refractivity contribution in [3.8, 4) is 5.75 Å². The Morgan fingerprint density at radius 1 is 1.00 bits per heavy atom. The van der Waals surface area contributed by atoms with Gasteiger partial charge in [0.25, 0.3) is 0 Å². The summed E-state index contributed by atoms with van der Waals surface area (Å²) < 4.78 is 11.3. The molecular weight excluding hydrogens is 458 g/mol. The normalized spacial score (nSPS) is 15.6. The highest BCUT2D eigenvalue weighted by molar-refractivity contribution is 8.18. The second kappa shape index (κ2) is 11.1. The number of carbonyl (C=O) groups excluding carboxylic acids is 1. The number of para-hydroxylation sites is 1. The lowest BCUT2D eigenvalue weighted by atomic mass is 10.1. The van der Waals surface area contributed by atoms with Crippen LogP contribution >= 0.6 is 11.8 Å². The van der Waals surface area contributed by atoms with Crippen LogP contribution in [0.5, 0.6) is 5.75 Å². The van der Waals surface area contributed by atoms with Crippen molar-refractivity contribution in [2.75, 3.05) is 6.61 Å². The number of benzene rings is 3. The van der Waals surface area contributed by atoms with Crippen LogP contribution in [0.4, 0.5) is 5.69 Å². The standard InChI is InChI=1S/C29H27NO4S/c1-4-33-29(32)26-27(31)25(35-28(26)30-23-14-12-19(2)13-15-23)17-22-10-5-6-11-24(22)34-18-21-9-7-8-20(3)16-21/h5-17,31H,4,18H2,1-3H3/b25-17+,30-28?. The van der Waals surface area contributed by atoms with E-state index in [1.165, 1.54) is 17.3 Å². The average Bonchev–Trinajstić information content (AvgIpc) is 3.14.